The van der Waals surface area contributed by atoms with E-state index in [1.807, 2.05) is 12.4 Å². The summed E-state index contributed by atoms with van der Waals surface area (Å²) in [6.07, 6.45) is 14.2. The fraction of sp³-hybridized carbons (Fsp3) is 0.765. The van der Waals surface area contributed by atoms with Crippen molar-refractivity contribution >= 4 is 0 Å². The van der Waals surface area contributed by atoms with Crippen molar-refractivity contribution in [3.8, 4) is 0 Å². The summed E-state index contributed by atoms with van der Waals surface area (Å²) in [6.45, 7) is 4.17. The Morgan fingerprint density at radius 3 is 2.81 bits per heavy atom. The van der Waals surface area contributed by atoms with Crippen LogP contribution in [0, 0.1) is 5.92 Å². The van der Waals surface area contributed by atoms with Gasteiger partial charge in [-0.2, -0.15) is 0 Å². The number of hydrogen-bond donors (Lipinski definition) is 1. The molecule has 0 aromatic carbocycles. The molecule has 4 heteroatoms. The number of nitrogens with one attached hydrogen (secondary N) is 1. The molecule has 3 rings (SSSR count). The van der Waals surface area contributed by atoms with Gasteiger partial charge in [-0.3, -0.25) is 0 Å². The Kier molecular flexibility index (Phi) is 4.86. The molecular weight excluding hydrogens is 262 g/mol. The normalized spacial score (nSPS) is 26.0. The molecule has 2 fully saturated rings. The van der Waals surface area contributed by atoms with Crippen LogP contribution < -0.4 is 5.32 Å². The van der Waals surface area contributed by atoms with Gasteiger partial charge < -0.3 is 10.1 Å². The summed E-state index contributed by atoms with van der Waals surface area (Å²) in [4.78, 5) is 8.43. The molecule has 1 N–H and O–H groups in total. The molecule has 116 valence electrons. The molecule has 1 aromatic rings. The van der Waals surface area contributed by atoms with Crippen molar-refractivity contribution in [3.05, 3.63) is 24.3 Å². The number of hydrogen-bond acceptors (Lipinski definition) is 4. The van der Waals surface area contributed by atoms with Crippen molar-refractivity contribution in [2.24, 2.45) is 5.92 Å². The van der Waals surface area contributed by atoms with Crippen molar-refractivity contribution < 1.29 is 4.74 Å². The largest absolute Gasteiger partial charge is 0.375 e. The van der Waals surface area contributed by atoms with Gasteiger partial charge in [-0.05, 0) is 44.6 Å². The second-order valence-electron chi connectivity index (χ2n) is 6.60. The lowest BCUT2D eigenvalue weighted by Gasteiger charge is -2.41. The lowest BCUT2D eigenvalue weighted by molar-refractivity contribution is -0.0982. The van der Waals surface area contributed by atoms with Crippen LogP contribution in [0.1, 0.15) is 63.5 Å². The van der Waals surface area contributed by atoms with E-state index in [1.54, 1.807) is 6.33 Å². The van der Waals surface area contributed by atoms with Crippen molar-refractivity contribution in [3.63, 3.8) is 0 Å². The van der Waals surface area contributed by atoms with E-state index in [2.05, 4.69) is 22.2 Å². The molecule has 1 aromatic heterocycles. The third-order valence-corrected chi connectivity index (χ3v) is 5.07. The van der Waals surface area contributed by atoms with Crippen LogP contribution in [0.15, 0.2) is 18.7 Å². The summed E-state index contributed by atoms with van der Waals surface area (Å²) >= 11 is 0. The van der Waals surface area contributed by atoms with Crippen molar-refractivity contribution in [2.75, 3.05) is 13.2 Å². The van der Waals surface area contributed by atoms with Crippen LogP contribution >= 0.6 is 0 Å². The van der Waals surface area contributed by atoms with Crippen molar-refractivity contribution in [1.29, 1.82) is 0 Å². The lowest BCUT2D eigenvalue weighted by atomic mass is 9.79. The highest BCUT2D eigenvalue weighted by molar-refractivity contribution is 5.12. The van der Waals surface area contributed by atoms with E-state index in [-0.39, 0.29) is 5.60 Å². The summed E-state index contributed by atoms with van der Waals surface area (Å²) in [5.41, 5.74) is 1.40. The highest BCUT2D eigenvalue weighted by atomic mass is 16.5. The van der Waals surface area contributed by atoms with E-state index in [4.69, 9.17) is 4.74 Å². The van der Waals surface area contributed by atoms with Gasteiger partial charge in [0.15, 0.2) is 0 Å². The van der Waals surface area contributed by atoms with Gasteiger partial charge in [0.05, 0.1) is 5.60 Å². The molecule has 21 heavy (non-hydrogen) atoms. The molecule has 0 amide bonds. The van der Waals surface area contributed by atoms with E-state index in [1.165, 1.54) is 37.7 Å². The molecule has 2 aliphatic rings. The first kappa shape index (κ1) is 14.9. The summed E-state index contributed by atoms with van der Waals surface area (Å²) in [5.74, 6) is 0.634. The molecule has 0 radical (unpaired) electrons. The average molecular weight is 289 g/mol. The molecule has 4 nitrogen and oxygen atoms in total. The Morgan fingerprint density at radius 1 is 1.33 bits per heavy atom. The highest BCUT2D eigenvalue weighted by Crippen LogP contribution is 2.45. The molecule has 1 saturated carbocycles. The molecule has 1 spiro atoms. The molecular formula is C17H27N3O. The van der Waals surface area contributed by atoms with Crippen LogP contribution in [0.3, 0.4) is 0 Å². The minimum atomic E-state index is 0.171. The van der Waals surface area contributed by atoms with Gasteiger partial charge in [0.2, 0.25) is 0 Å². The van der Waals surface area contributed by atoms with Gasteiger partial charge in [-0.15, -0.1) is 0 Å². The molecule has 1 aliphatic heterocycles. The van der Waals surface area contributed by atoms with Crippen LogP contribution in [0.25, 0.3) is 0 Å². The van der Waals surface area contributed by atoms with E-state index in [0.717, 1.165) is 26.0 Å². The number of aromatic nitrogens is 2. The quantitative estimate of drug-likeness (QED) is 0.904. The molecule has 2 atom stereocenters. The van der Waals surface area contributed by atoms with Gasteiger partial charge >= 0.3 is 0 Å². The molecule has 1 aliphatic carbocycles. The van der Waals surface area contributed by atoms with E-state index >= 15 is 0 Å². The zero-order valence-electron chi connectivity index (χ0n) is 13.1. The van der Waals surface area contributed by atoms with Crippen molar-refractivity contribution in [1.82, 2.24) is 15.3 Å². The first-order valence-electron chi connectivity index (χ1n) is 8.45. The Bertz CT molecular complexity index is 431. The highest BCUT2D eigenvalue weighted by Gasteiger charge is 2.42. The topological polar surface area (TPSA) is 47.0 Å². The zero-order chi connectivity index (χ0) is 14.5. The monoisotopic (exact) mass is 289 g/mol. The van der Waals surface area contributed by atoms with Crippen molar-refractivity contribution in [2.45, 2.75) is 63.5 Å². The Hall–Kier alpha value is -1.00. The van der Waals surface area contributed by atoms with Gasteiger partial charge in [0.25, 0.3) is 0 Å². The van der Waals surface area contributed by atoms with Crippen LogP contribution in [-0.4, -0.2) is 28.7 Å². The maximum Gasteiger partial charge on any atom is 0.115 e. The lowest BCUT2D eigenvalue weighted by Crippen LogP contribution is -2.42. The predicted octanol–water partition coefficient (Wildman–Crippen LogP) is 3.26. The summed E-state index contributed by atoms with van der Waals surface area (Å²) in [6, 6.07) is 0.368. The van der Waals surface area contributed by atoms with Gasteiger partial charge in [0.1, 0.15) is 6.33 Å². The van der Waals surface area contributed by atoms with Crippen LogP contribution in [0.2, 0.25) is 0 Å². The van der Waals surface area contributed by atoms with Crippen LogP contribution in [-0.2, 0) is 4.74 Å². The maximum absolute atomic E-state index is 6.19. The second-order valence-corrected chi connectivity index (χ2v) is 6.60. The standard InChI is InChI=1S/C17H27N3O/c1-2-8-20-16(15-11-18-13-19-12-15)14-5-9-21-17(10-14)6-3-4-7-17/h11-14,16,20H,2-10H2,1H3. The average Bonchev–Trinajstić information content (AvgIpc) is 2.97. The van der Waals surface area contributed by atoms with Crippen LogP contribution in [0.5, 0.6) is 0 Å². The number of ether oxygens (including phenoxy) is 1. The van der Waals surface area contributed by atoms with Gasteiger partial charge in [-0.25, -0.2) is 9.97 Å². The van der Waals surface area contributed by atoms with E-state index in [9.17, 15) is 0 Å². The Balaban J connectivity index is 1.75. The Morgan fingerprint density at radius 2 is 2.10 bits per heavy atom. The third kappa shape index (κ3) is 3.43. The first-order chi connectivity index (χ1) is 10.3. The predicted molar refractivity (Wildman–Crippen MR) is 82.9 cm³/mol. The second kappa shape index (κ2) is 6.84. The molecule has 0 bridgehead atoms. The minimum Gasteiger partial charge on any atom is -0.375 e. The van der Waals surface area contributed by atoms with Crippen LogP contribution in [0.4, 0.5) is 0 Å². The zero-order valence-corrected chi connectivity index (χ0v) is 13.1. The molecule has 2 heterocycles. The SMILES string of the molecule is CCCNC(c1cncnc1)C1CCOC2(CCCC2)C1. The summed E-state index contributed by atoms with van der Waals surface area (Å²) in [5, 5.41) is 3.73. The maximum atomic E-state index is 6.19. The first-order valence-corrected chi connectivity index (χ1v) is 8.45. The number of nitrogens with zero attached hydrogens (tertiary/aromatic N) is 2. The van der Waals surface area contributed by atoms with E-state index < -0.39 is 0 Å². The third-order valence-electron chi connectivity index (χ3n) is 5.07. The summed E-state index contributed by atoms with van der Waals surface area (Å²) in [7, 11) is 0. The fourth-order valence-electron chi connectivity index (χ4n) is 4.05. The van der Waals surface area contributed by atoms with Gasteiger partial charge in [0, 0.05) is 30.6 Å². The van der Waals surface area contributed by atoms with E-state index in [0.29, 0.717) is 12.0 Å². The minimum absolute atomic E-state index is 0.171. The molecule has 2 unspecified atom stereocenters. The fourth-order valence-corrected chi connectivity index (χ4v) is 4.05. The van der Waals surface area contributed by atoms with Gasteiger partial charge in [-0.1, -0.05) is 19.8 Å². The number of rotatable bonds is 5. The summed E-state index contributed by atoms with van der Waals surface area (Å²) < 4.78 is 6.19. The molecule has 1 saturated heterocycles. The Labute approximate surface area is 127 Å². The smallest absolute Gasteiger partial charge is 0.115 e.